The molecule has 0 saturated heterocycles. The normalized spacial score (nSPS) is 12.1. The van der Waals surface area contributed by atoms with Gasteiger partial charge in [-0.05, 0) is 36.4 Å². The number of anilines is 2. The van der Waals surface area contributed by atoms with Gasteiger partial charge in [-0.25, -0.2) is 0 Å². The second kappa shape index (κ2) is 8.60. The molecule has 0 aromatic heterocycles. The SMILES string of the molecule is COc1ccc(P(=O)(O)O)cc1N.Nc1cc(P(=O)(O)O)ccc1S(=O)(=O)O. The van der Waals surface area contributed by atoms with E-state index in [2.05, 4.69) is 0 Å². The highest BCUT2D eigenvalue weighted by Crippen LogP contribution is 2.35. The van der Waals surface area contributed by atoms with Crippen LogP contribution in [0, 0.1) is 0 Å². The first-order chi connectivity index (χ1) is 12.6. The van der Waals surface area contributed by atoms with E-state index in [1.54, 1.807) is 0 Å². The van der Waals surface area contributed by atoms with Gasteiger partial charge in [-0.2, -0.15) is 8.42 Å². The third-order valence-electron chi connectivity index (χ3n) is 3.16. The van der Waals surface area contributed by atoms with Gasteiger partial charge in [0.25, 0.3) is 10.1 Å². The smallest absolute Gasteiger partial charge is 0.356 e. The molecule has 0 heterocycles. The van der Waals surface area contributed by atoms with E-state index in [0.717, 1.165) is 18.2 Å². The molecule has 15 heteroatoms. The zero-order valence-electron chi connectivity index (χ0n) is 14.2. The predicted octanol–water partition coefficient (Wildman–Crippen LogP) is -0.601. The fraction of sp³-hybridized carbons (Fsp3) is 0.0769. The summed E-state index contributed by atoms with van der Waals surface area (Å²) in [5.41, 5.74) is 10.5. The molecule has 0 unspecified atom stereocenters. The van der Waals surface area contributed by atoms with Gasteiger partial charge in [0.15, 0.2) is 0 Å². The maximum Gasteiger partial charge on any atom is 0.356 e. The van der Waals surface area contributed by atoms with Crippen LogP contribution in [-0.4, -0.2) is 39.7 Å². The minimum Gasteiger partial charge on any atom is -0.495 e. The molecular formula is C13H18N2O10P2S. The first-order valence-electron chi connectivity index (χ1n) is 7.00. The first-order valence-corrected chi connectivity index (χ1v) is 11.7. The Morgan fingerprint density at radius 3 is 1.61 bits per heavy atom. The number of nitrogen functional groups attached to an aromatic ring is 2. The van der Waals surface area contributed by atoms with E-state index >= 15 is 0 Å². The van der Waals surface area contributed by atoms with Gasteiger partial charge >= 0.3 is 15.2 Å². The van der Waals surface area contributed by atoms with Crippen molar-refractivity contribution in [1.82, 2.24) is 0 Å². The summed E-state index contributed by atoms with van der Waals surface area (Å²) in [6.45, 7) is 0. The zero-order chi connectivity index (χ0) is 21.9. The van der Waals surface area contributed by atoms with Crippen molar-refractivity contribution in [2.24, 2.45) is 0 Å². The van der Waals surface area contributed by atoms with Crippen molar-refractivity contribution in [3.8, 4) is 5.75 Å². The maximum absolute atomic E-state index is 10.8. The number of benzene rings is 2. The van der Waals surface area contributed by atoms with Crippen molar-refractivity contribution < 1.29 is 46.4 Å². The number of hydrogen-bond donors (Lipinski definition) is 7. The van der Waals surface area contributed by atoms with Crippen LogP contribution in [0.4, 0.5) is 11.4 Å². The van der Waals surface area contributed by atoms with Crippen LogP contribution in [0.25, 0.3) is 0 Å². The molecule has 28 heavy (non-hydrogen) atoms. The van der Waals surface area contributed by atoms with Gasteiger partial charge in [-0.15, -0.1) is 0 Å². The lowest BCUT2D eigenvalue weighted by molar-refractivity contribution is 0.385. The molecule has 0 aliphatic carbocycles. The van der Waals surface area contributed by atoms with Crippen LogP contribution in [-0.2, 0) is 19.2 Å². The molecule has 0 fully saturated rings. The molecule has 0 aliphatic heterocycles. The lowest BCUT2D eigenvalue weighted by atomic mass is 10.3. The molecule has 0 spiro atoms. The summed E-state index contributed by atoms with van der Waals surface area (Å²) in [4.78, 5) is 34.5. The second-order valence-electron chi connectivity index (χ2n) is 5.21. The number of hydrogen-bond acceptors (Lipinski definition) is 7. The van der Waals surface area contributed by atoms with Crippen molar-refractivity contribution in [2.45, 2.75) is 4.90 Å². The first kappa shape index (κ1) is 24.1. The Bertz CT molecular complexity index is 1060. The van der Waals surface area contributed by atoms with Crippen LogP contribution in [0.3, 0.4) is 0 Å². The van der Waals surface area contributed by atoms with Crippen molar-refractivity contribution in [3.05, 3.63) is 36.4 Å². The van der Waals surface area contributed by atoms with E-state index in [4.69, 9.17) is 40.3 Å². The number of methoxy groups -OCH3 is 1. The van der Waals surface area contributed by atoms with Gasteiger partial charge in [0.2, 0.25) is 0 Å². The van der Waals surface area contributed by atoms with Crippen LogP contribution < -0.4 is 26.8 Å². The number of ether oxygens (including phenoxy) is 1. The molecule has 2 aromatic rings. The summed E-state index contributed by atoms with van der Waals surface area (Å²) in [5, 5.41) is -0.516. The molecule has 156 valence electrons. The van der Waals surface area contributed by atoms with Gasteiger partial charge in [0.1, 0.15) is 10.6 Å². The standard InChI is InChI=1S/C7H10NO4P.C6H8NO6PS/c1-12-7-3-2-5(4-6(7)8)13(9,10)11;7-5-3-4(14(8,9)10)1-2-6(5)15(11,12)13/h2-4H,8H2,1H3,(H2,9,10,11);1-3H,7H2,(H2,8,9,10)(H,11,12,13). The lowest BCUT2D eigenvalue weighted by Crippen LogP contribution is -2.09. The summed E-state index contributed by atoms with van der Waals surface area (Å²) < 4.78 is 56.4. The zero-order valence-corrected chi connectivity index (χ0v) is 16.8. The third kappa shape index (κ3) is 6.59. The van der Waals surface area contributed by atoms with E-state index in [-0.39, 0.29) is 11.0 Å². The quantitative estimate of drug-likeness (QED) is 0.174. The average Bonchev–Trinajstić information content (AvgIpc) is 2.52. The molecule has 12 nitrogen and oxygen atoms in total. The predicted molar refractivity (Wildman–Crippen MR) is 101 cm³/mol. The number of rotatable bonds is 4. The fourth-order valence-corrected chi connectivity index (χ4v) is 3.60. The van der Waals surface area contributed by atoms with E-state index in [1.165, 1.54) is 25.3 Å². The third-order valence-corrected chi connectivity index (χ3v) is 5.99. The lowest BCUT2D eigenvalue weighted by Gasteiger charge is -2.07. The Morgan fingerprint density at radius 1 is 0.857 bits per heavy atom. The minimum atomic E-state index is -4.47. The molecule has 2 aromatic carbocycles. The van der Waals surface area contributed by atoms with Crippen LogP contribution in [0.5, 0.6) is 5.75 Å². The van der Waals surface area contributed by atoms with Crippen molar-refractivity contribution in [3.63, 3.8) is 0 Å². The highest BCUT2D eigenvalue weighted by Gasteiger charge is 2.21. The van der Waals surface area contributed by atoms with Gasteiger partial charge < -0.3 is 35.8 Å². The van der Waals surface area contributed by atoms with Crippen molar-refractivity contribution in [2.75, 3.05) is 18.6 Å². The molecule has 9 N–H and O–H groups in total. The summed E-state index contributed by atoms with van der Waals surface area (Å²) in [6, 6.07) is 6.45. The van der Waals surface area contributed by atoms with Gasteiger partial charge in [-0.1, -0.05) is 0 Å². The highest BCUT2D eigenvalue weighted by molar-refractivity contribution is 7.86. The molecule has 2 rings (SSSR count). The average molecular weight is 456 g/mol. The Morgan fingerprint density at radius 2 is 1.29 bits per heavy atom. The van der Waals surface area contributed by atoms with E-state index in [9.17, 15) is 17.5 Å². The molecular weight excluding hydrogens is 438 g/mol. The molecule has 0 aliphatic rings. The summed E-state index contributed by atoms with van der Waals surface area (Å²) in [6.07, 6.45) is 0. The molecule has 0 saturated carbocycles. The number of nitrogens with two attached hydrogens (primary N) is 2. The van der Waals surface area contributed by atoms with Gasteiger partial charge in [0.05, 0.1) is 29.1 Å². The minimum absolute atomic E-state index is 0.106. The Kier molecular flexibility index (Phi) is 7.40. The molecule has 0 radical (unpaired) electrons. The molecule has 0 amide bonds. The summed E-state index contributed by atoms with van der Waals surface area (Å²) >= 11 is 0. The van der Waals surface area contributed by atoms with Crippen LogP contribution in [0.1, 0.15) is 0 Å². The van der Waals surface area contributed by atoms with Crippen molar-refractivity contribution >= 4 is 47.3 Å². The summed E-state index contributed by atoms with van der Waals surface area (Å²) in [7, 11) is -11.7. The van der Waals surface area contributed by atoms with E-state index in [1.807, 2.05) is 0 Å². The fourth-order valence-electron chi connectivity index (χ4n) is 1.85. The summed E-state index contributed by atoms with van der Waals surface area (Å²) in [5.74, 6) is 0.400. The van der Waals surface area contributed by atoms with Crippen LogP contribution in [0.15, 0.2) is 41.3 Å². The highest BCUT2D eigenvalue weighted by atomic mass is 32.2. The van der Waals surface area contributed by atoms with Crippen LogP contribution >= 0.6 is 15.2 Å². The van der Waals surface area contributed by atoms with E-state index < -0.39 is 41.2 Å². The Balaban J connectivity index is 0.000000283. The maximum atomic E-state index is 10.8. The Labute approximate surface area is 159 Å². The van der Waals surface area contributed by atoms with Crippen molar-refractivity contribution in [1.29, 1.82) is 0 Å². The van der Waals surface area contributed by atoms with Gasteiger partial charge in [-0.3, -0.25) is 13.7 Å². The van der Waals surface area contributed by atoms with Gasteiger partial charge in [0, 0.05) is 0 Å². The molecule has 0 bridgehead atoms. The van der Waals surface area contributed by atoms with Crippen LogP contribution in [0.2, 0.25) is 0 Å². The molecule has 0 atom stereocenters. The Hall–Kier alpha value is -1.95. The second-order valence-corrected chi connectivity index (χ2v) is 9.81. The topological polar surface area (TPSA) is 231 Å². The van der Waals surface area contributed by atoms with E-state index in [0.29, 0.717) is 5.75 Å². The monoisotopic (exact) mass is 456 g/mol. The largest absolute Gasteiger partial charge is 0.495 e.